The zero-order valence-corrected chi connectivity index (χ0v) is 15.9. The fourth-order valence-corrected chi connectivity index (χ4v) is 4.79. The Morgan fingerprint density at radius 2 is 1.23 bits per heavy atom. The van der Waals surface area contributed by atoms with Crippen molar-refractivity contribution < 1.29 is 27.5 Å². The summed E-state index contributed by atoms with van der Waals surface area (Å²) in [6.07, 6.45) is 0. The van der Waals surface area contributed by atoms with Crippen molar-refractivity contribution in [3.8, 4) is 0 Å². The van der Waals surface area contributed by atoms with Gasteiger partial charge < -0.3 is 9.47 Å². The van der Waals surface area contributed by atoms with Gasteiger partial charge in [-0.15, -0.1) is 0 Å². The normalized spacial score (nSPS) is 11.0. The molecule has 0 saturated carbocycles. The molecule has 0 aliphatic heterocycles. The van der Waals surface area contributed by atoms with Gasteiger partial charge in [-0.1, -0.05) is 0 Å². The summed E-state index contributed by atoms with van der Waals surface area (Å²) in [5.41, 5.74) is 0.641. The van der Waals surface area contributed by atoms with Gasteiger partial charge in [-0.05, 0) is 62.4 Å². The van der Waals surface area contributed by atoms with Crippen molar-refractivity contribution >= 4 is 31.6 Å². The maximum Gasteiger partial charge on any atom is 0.338 e. The van der Waals surface area contributed by atoms with Gasteiger partial charge in [-0.3, -0.25) is 0 Å². The highest BCUT2D eigenvalue weighted by atomic mass is 33.1. The molecule has 0 heterocycles. The third-order valence-corrected chi connectivity index (χ3v) is 6.57. The van der Waals surface area contributed by atoms with Gasteiger partial charge in [0.05, 0.1) is 29.2 Å². The Morgan fingerprint density at radius 1 is 0.808 bits per heavy atom. The van der Waals surface area contributed by atoms with Crippen LogP contribution in [-0.2, 0) is 18.3 Å². The lowest BCUT2D eigenvalue weighted by Crippen LogP contribution is -2.05. The largest absolute Gasteiger partial charge is 0.462 e. The summed E-state index contributed by atoms with van der Waals surface area (Å²) in [6, 6.07) is 11.7. The first-order chi connectivity index (χ1) is 12.4. The van der Waals surface area contributed by atoms with E-state index in [0.717, 1.165) is 0 Å². The number of benzene rings is 2. The number of esters is 2. The average molecular weight is 394 g/mol. The zero-order valence-electron chi connectivity index (χ0n) is 14.3. The van der Waals surface area contributed by atoms with Crippen molar-refractivity contribution in [1.82, 2.24) is 0 Å². The molecule has 0 atom stereocenters. The molecule has 26 heavy (non-hydrogen) atoms. The SMILES string of the molecule is CCOC(=O)c1ccc(SS(=O)(=O)c2ccc(C(=O)OCC)cc2)cc1. The van der Waals surface area contributed by atoms with E-state index in [1.807, 2.05) is 0 Å². The molecule has 2 rings (SSSR count). The van der Waals surface area contributed by atoms with Crippen molar-refractivity contribution in [2.75, 3.05) is 13.2 Å². The summed E-state index contributed by atoms with van der Waals surface area (Å²) < 4.78 is 34.7. The van der Waals surface area contributed by atoms with Gasteiger partial charge in [0.25, 0.3) is 0 Å². The molecular weight excluding hydrogens is 376 g/mol. The van der Waals surface area contributed by atoms with Gasteiger partial charge in [0.1, 0.15) is 0 Å². The van der Waals surface area contributed by atoms with Gasteiger partial charge in [0.15, 0.2) is 0 Å². The van der Waals surface area contributed by atoms with Crippen LogP contribution >= 0.6 is 10.8 Å². The first-order valence-electron chi connectivity index (χ1n) is 7.86. The lowest BCUT2D eigenvalue weighted by Gasteiger charge is -2.06. The van der Waals surface area contributed by atoms with Crippen LogP contribution in [0.3, 0.4) is 0 Å². The molecule has 0 aliphatic rings. The number of rotatable bonds is 7. The molecule has 2 aromatic rings. The molecule has 0 aliphatic carbocycles. The van der Waals surface area contributed by atoms with Gasteiger partial charge in [0, 0.05) is 15.7 Å². The van der Waals surface area contributed by atoms with Crippen molar-refractivity contribution in [2.45, 2.75) is 23.6 Å². The molecule has 0 radical (unpaired) electrons. The zero-order chi connectivity index (χ0) is 19.2. The molecule has 0 unspecified atom stereocenters. The van der Waals surface area contributed by atoms with Crippen LogP contribution < -0.4 is 0 Å². The van der Waals surface area contributed by atoms with Crippen molar-refractivity contribution in [1.29, 1.82) is 0 Å². The first-order valence-corrected chi connectivity index (χ1v) is 10.7. The van der Waals surface area contributed by atoms with Crippen LogP contribution in [0.2, 0.25) is 0 Å². The molecule has 6 nitrogen and oxygen atoms in total. The van der Waals surface area contributed by atoms with Crippen molar-refractivity contribution in [3.63, 3.8) is 0 Å². The maximum atomic E-state index is 12.5. The second-order valence-electron chi connectivity index (χ2n) is 5.03. The summed E-state index contributed by atoms with van der Waals surface area (Å²) in [5.74, 6) is -0.958. The van der Waals surface area contributed by atoms with E-state index in [-0.39, 0.29) is 23.7 Å². The van der Waals surface area contributed by atoms with Crippen LogP contribution in [0.4, 0.5) is 0 Å². The van der Waals surface area contributed by atoms with Crippen LogP contribution in [-0.4, -0.2) is 33.6 Å². The second kappa shape index (κ2) is 8.86. The fourth-order valence-electron chi connectivity index (χ4n) is 2.01. The minimum Gasteiger partial charge on any atom is -0.462 e. The van der Waals surface area contributed by atoms with Gasteiger partial charge in [-0.2, -0.15) is 0 Å². The average Bonchev–Trinajstić information content (AvgIpc) is 2.62. The Labute approximate surface area is 155 Å². The highest BCUT2D eigenvalue weighted by molar-refractivity contribution is 8.72. The Balaban J connectivity index is 2.13. The molecule has 138 valence electrons. The lowest BCUT2D eigenvalue weighted by molar-refractivity contribution is 0.0516. The van der Waals surface area contributed by atoms with E-state index >= 15 is 0 Å². The highest BCUT2D eigenvalue weighted by Crippen LogP contribution is 2.31. The van der Waals surface area contributed by atoms with Gasteiger partial charge in [-0.25, -0.2) is 18.0 Å². The van der Waals surface area contributed by atoms with Crippen LogP contribution in [0.1, 0.15) is 34.6 Å². The third-order valence-electron chi connectivity index (χ3n) is 3.23. The Bertz CT molecular complexity index is 871. The van der Waals surface area contributed by atoms with Gasteiger partial charge >= 0.3 is 11.9 Å². The number of carbonyl (C=O) groups excluding carboxylic acids is 2. The van der Waals surface area contributed by atoms with E-state index in [1.165, 1.54) is 36.4 Å². The Hall–Kier alpha value is -2.32. The standard InChI is InChI=1S/C18H18O6S2/c1-3-23-17(19)13-5-9-15(10-6-13)25-26(21,22)16-11-7-14(8-12-16)18(20)24-4-2/h5-12H,3-4H2,1-2H3. The van der Waals surface area contributed by atoms with E-state index in [4.69, 9.17) is 9.47 Å². The number of hydrogen-bond acceptors (Lipinski definition) is 7. The minimum absolute atomic E-state index is 0.0741. The number of hydrogen-bond donors (Lipinski definition) is 0. The molecule has 0 saturated heterocycles. The summed E-state index contributed by atoms with van der Waals surface area (Å²) >= 11 is 0. The predicted octanol–water partition coefficient (Wildman–Crippen LogP) is 3.52. The van der Waals surface area contributed by atoms with Crippen molar-refractivity contribution in [3.05, 3.63) is 59.7 Å². The summed E-state index contributed by atoms with van der Waals surface area (Å²) in [7, 11) is -3.00. The quantitative estimate of drug-likeness (QED) is 0.524. The van der Waals surface area contributed by atoms with Crippen LogP contribution in [0.5, 0.6) is 0 Å². The molecule has 0 N–H and O–H groups in total. The van der Waals surface area contributed by atoms with E-state index in [2.05, 4.69) is 0 Å². The molecule has 0 amide bonds. The topological polar surface area (TPSA) is 86.7 Å². The molecule has 0 spiro atoms. The summed E-state index contributed by atoms with van der Waals surface area (Å²) in [4.78, 5) is 23.8. The van der Waals surface area contributed by atoms with Crippen LogP contribution in [0.25, 0.3) is 0 Å². The first kappa shape index (κ1) is 20.0. The molecule has 2 aromatic carbocycles. The van der Waals surface area contributed by atoms with E-state index in [1.54, 1.807) is 26.0 Å². The number of carbonyl (C=O) groups is 2. The monoisotopic (exact) mass is 394 g/mol. The molecule has 8 heteroatoms. The smallest absolute Gasteiger partial charge is 0.338 e. The Kier molecular flexibility index (Phi) is 6.82. The molecular formula is C18H18O6S2. The molecule has 0 bridgehead atoms. The second-order valence-corrected chi connectivity index (χ2v) is 8.86. The highest BCUT2D eigenvalue weighted by Gasteiger charge is 2.18. The van der Waals surface area contributed by atoms with Crippen molar-refractivity contribution in [2.24, 2.45) is 0 Å². The predicted molar refractivity (Wildman–Crippen MR) is 97.8 cm³/mol. The summed E-state index contributed by atoms with van der Waals surface area (Å²) in [6.45, 7) is 3.92. The third kappa shape index (κ3) is 5.09. The Morgan fingerprint density at radius 3 is 1.65 bits per heavy atom. The number of ether oxygens (including phenoxy) is 2. The van der Waals surface area contributed by atoms with E-state index in [0.29, 0.717) is 21.3 Å². The van der Waals surface area contributed by atoms with E-state index < -0.39 is 20.8 Å². The van der Waals surface area contributed by atoms with Crippen LogP contribution in [0, 0.1) is 0 Å². The maximum absolute atomic E-state index is 12.5. The fraction of sp³-hybridized carbons (Fsp3) is 0.222. The molecule has 0 fully saturated rings. The van der Waals surface area contributed by atoms with Gasteiger partial charge in [0.2, 0.25) is 8.87 Å². The van der Waals surface area contributed by atoms with Crippen LogP contribution in [0.15, 0.2) is 58.3 Å². The van der Waals surface area contributed by atoms with E-state index in [9.17, 15) is 18.0 Å². The lowest BCUT2D eigenvalue weighted by atomic mass is 10.2. The summed E-state index contributed by atoms with van der Waals surface area (Å²) in [5, 5.41) is 0. The minimum atomic E-state index is -3.66. The molecule has 0 aromatic heterocycles.